The second kappa shape index (κ2) is 11.4. The van der Waals surface area contributed by atoms with E-state index in [0.29, 0.717) is 21.8 Å². The zero-order valence-electron chi connectivity index (χ0n) is 22.0. The minimum Gasteiger partial charge on any atom is -0.489 e. The molecular formula is C27H27ClN6O5. The molecule has 4 rings (SSSR count). The average molecular weight is 551 g/mol. The van der Waals surface area contributed by atoms with Gasteiger partial charge in [0, 0.05) is 38.8 Å². The second-order valence-electron chi connectivity index (χ2n) is 8.89. The van der Waals surface area contributed by atoms with Crippen molar-refractivity contribution < 1.29 is 18.8 Å². The Morgan fingerprint density at radius 2 is 1.85 bits per heavy atom. The number of nitrogens with zero attached hydrogens (tertiary/aromatic N) is 5. The van der Waals surface area contributed by atoms with Gasteiger partial charge >= 0.3 is 0 Å². The van der Waals surface area contributed by atoms with E-state index in [1.165, 1.54) is 36.1 Å². The molecule has 0 bridgehead atoms. The molecule has 2 aromatic heterocycles. The van der Waals surface area contributed by atoms with E-state index in [2.05, 4.69) is 15.5 Å². The summed E-state index contributed by atoms with van der Waals surface area (Å²) in [4.78, 5) is 46.7. The molecule has 1 N–H and O–H groups in total. The zero-order valence-corrected chi connectivity index (χ0v) is 22.8. The zero-order chi connectivity index (χ0) is 28.3. The molecule has 0 aliphatic rings. The number of nitrogens with one attached hydrogen (secondary N) is 1. The number of aromatic nitrogens is 3. The van der Waals surface area contributed by atoms with E-state index in [-0.39, 0.29) is 23.3 Å². The number of amides is 2. The maximum atomic E-state index is 13.3. The van der Waals surface area contributed by atoms with E-state index in [9.17, 15) is 14.4 Å². The SMILES string of the molecule is COc1c(C(=O)Nc2cnoc2)nc(N(C)C(c2ccccc2)c2ccc(C(=O)N(C)C)cc2Cl)n(C)c1=O. The van der Waals surface area contributed by atoms with Crippen molar-refractivity contribution in [3.63, 3.8) is 0 Å². The summed E-state index contributed by atoms with van der Waals surface area (Å²) >= 11 is 6.75. The van der Waals surface area contributed by atoms with Gasteiger partial charge < -0.3 is 24.4 Å². The van der Waals surface area contributed by atoms with Crippen LogP contribution in [0.1, 0.15) is 38.0 Å². The van der Waals surface area contributed by atoms with Crippen molar-refractivity contribution in [2.24, 2.45) is 7.05 Å². The second-order valence-corrected chi connectivity index (χ2v) is 9.29. The van der Waals surface area contributed by atoms with Crippen LogP contribution in [-0.4, -0.2) is 59.7 Å². The lowest BCUT2D eigenvalue weighted by Gasteiger charge is -2.32. The molecule has 0 spiro atoms. The minimum atomic E-state index is -0.678. The smallest absolute Gasteiger partial charge is 0.297 e. The molecule has 0 saturated heterocycles. The molecule has 202 valence electrons. The number of hydrogen-bond donors (Lipinski definition) is 1. The summed E-state index contributed by atoms with van der Waals surface area (Å²) in [5.41, 5.74) is 1.46. The molecule has 0 saturated carbocycles. The number of benzene rings is 2. The van der Waals surface area contributed by atoms with Gasteiger partial charge in [0.2, 0.25) is 11.7 Å². The van der Waals surface area contributed by atoms with Crippen LogP contribution in [0, 0.1) is 0 Å². The minimum absolute atomic E-state index is 0.176. The monoisotopic (exact) mass is 550 g/mol. The van der Waals surface area contributed by atoms with Crippen molar-refractivity contribution in [3.8, 4) is 5.75 Å². The van der Waals surface area contributed by atoms with Gasteiger partial charge in [-0.25, -0.2) is 4.98 Å². The van der Waals surface area contributed by atoms with E-state index >= 15 is 0 Å². The number of carbonyl (C=O) groups excluding carboxylic acids is 2. The van der Waals surface area contributed by atoms with Crippen LogP contribution in [-0.2, 0) is 7.05 Å². The first-order chi connectivity index (χ1) is 18.6. The molecule has 39 heavy (non-hydrogen) atoms. The van der Waals surface area contributed by atoms with Gasteiger partial charge in [-0.3, -0.25) is 19.0 Å². The summed E-state index contributed by atoms with van der Waals surface area (Å²) in [7, 11) is 7.90. The van der Waals surface area contributed by atoms with Crippen molar-refractivity contribution in [2.75, 3.05) is 38.5 Å². The summed E-state index contributed by atoms with van der Waals surface area (Å²) in [5.74, 6) is -0.905. The Morgan fingerprint density at radius 1 is 1.13 bits per heavy atom. The molecule has 0 aliphatic heterocycles. The van der Waals surface area contributed by atoms with Crippen molar-refractivity contribution in [3.05, 3.63) is 98.8 Å². The molecule has 2 aromatic carbocycles. The Hall–Kier alpha value is -4.64. The Kier molecular flexibility index (Phi) is 8.01. The van der Waals surface area contributed by atoms with Gasteiger partial charge in [0.25, 0.3) is 17.4 Å². The summed E-state index contributed by atoms with van der Waals surface area (Å²) in [6.45, 7) is 0. The fourth-order valence-electron chi connectivity index (χ4n) is 4.18. The van der Waals surface area contributed by atoms with E-state index in [1.807, 2.05) is 30.3 Å². The van der Waals surface area contributed by atoms with Crippen LogP contribution in [0.5, 0.6) is 5.75 Å². The molecule has 0 fully saturated rings. The van der Waals surface area contributed by atoms with Crippen LogP contribution in [0.3, 0.4) is 0 Å². The molecule has 0 aliphatic carbocycles. The Labute approximate surface area is 229 Å². The van der Waals surface area contributed by atoms with Crippen molar-refractivity contribution in [1.29, 1.82) is 0 Å². The number of halogens is 1. The van der Waals surface area contributed by atoms with E-state index in [4.69, 9.17) is 20.9 Å². The third kappa shape index (κ3) is 5.48. The number of methoxy groups -OCH3 is 1. The van der Waals surface area contributed by atoms with Crippen LogP contribution in [0.15, 0.2) is 70.3 Å². The molecule has 12 heteroatoms. The first-order valence-corrected chi connectivity index (χ1v) is 12.2. The highest BCUT2D eigenvalue weighted by atomic mass is 35.5. The molecule has 2 amide bonds. The van der Waals surface area contributed by atoms with Crippen LogP contribution >= 0.6 is 11.6 Å². The molecule has 1 unspecified atom stereocenters. The predicted molar refractivity (Wildman–Crippen MR) is 147 cm³/mol. The van der Waals surface area contributed by atoms with Crippen LogP contribution in [0.25, 0.3) is 0 Å². The Morgan fingerprint density at radius 3 is 2.44 bits per heavy atom. The number of ether oxygens (including phenoxy) is 1. The predicted octanol–water partition coefficient (Wildman–Crippen LogP) is 3.61. The lowest BCUT2D eigenvalue weighted by Crippen LogP contribution is -2.35. The van der Waals surface area contributed by atoms with E-state index in [1.54, 1.807) is 44.2 Å². The van der Waals surface area contributed by atoms with Gasteiger partial charge in [-0.05, 0) is 23.3 Å². The summed E-state index contributed by atoms with van der Waals surface area (Å²) < 4.78 is 11.3. The standard InChI is InChI=1S/C27H27ClN6O5/c1-32(2)25(36)17-11-12-19(20(28)13-17)22(16-9-7-6-8-10-16)33(3)27-31-21(23(38-5)26(37)34(27)4)24(35)30-18-14-29-39-15-18/h6-15,22H,1-5H3,(H,30,35). The van der Waals surface area contributed by atoms with Gasteiger partial charge in [-0.1, -0.05) is 53.2 Å². The highest BCUT2D eigenvalue weighted by molar-refractivity contribution is 6.31. The number of anilines is 2. The Balaban J connectivity index is 1.85. The molecule has 4 aromatic rings. The lowest BCUT2D eigenvalue weighted by molar-refractivity contribution is 0.0827. The van der Waals surface area contributed by atoms with Gasteiger partial charge in [0.05, 0.1) is 19.3 Å². The van der Waals surface area contributed by atoms with Crippen molar-refractivity contribution in [1.82, 2.24) is 19.6 Å². The van der Waals surface area contributed by atoms with Crippen molar-refractivity contribution >= 4 is 35.1 Å². The molecule has 1 atom stereocenters. The normalized spacial score (nSPS) is 11.5. The topological polar surface area (TPSA) is 123 Å². The van der Waals surface area contributed by atoms with E-state index < -0.39 is 17.5 Å². The summed E-state index contributed by atoms with van der Waals surface area (Å²) in [5, 5.41) is 6.51. The number of hydrogen-bond acceptors (Lipinski definition) is 8. The molecular weight excluding hydrogens is 524 g/mol. The first-order valence-electron chi connectivity index (χ1n) is 11.8. The summed E-state index contributed by atoms with van der Waals surface area (Å²) in [6, 6.07) is 14.0. The maximum absolute atomic E-state index is 13.3. The fraction of sp³-hybridized carbons (Fsp3) is 0.222. The van der Waals surface area contributed by atoms with E-state index in [0.717, 1.165) is 5.56 Å². The summed E-state index contributed by atoms with van der Waals surface area (Å²) in [6.07, 6.45) is 2.56. The van der Waals surface area contributed by atoms with Gasteiger partial charge in [-0.15, -0.1) is 0 Å². The average Bonchev–Trinajstić information content (AvgIpc) is 3.44. The maximum Gasteiger partial charge on any atom is 0.297 e. The molecule has 0 radical (unpaired) electrons. The fourth-order valence-corrected chi connectivity index (χ4v) is 4.47. The number of carbonyl (C=O) groups is 2. The molecule has 2 heterocycles. The van der Waals surface area contributed by atoms with Crippen LogP contribution in [0.2, 0.25) is 5.02 Å². The van der Waals surface area contributed by atoms with Gasteiger partial charge in [0.1, 0.15) is 12.0 Å². The van der Waals surface area contributed by atoms with Gasteiger partial charge in [0.15, 0.2) is 5.69 Å². The third-order valence-corrected chi connectivity index (χ3v) is 6.43. The quantitative estimate of drug-likeness (QED) is 0.353. The van der Waals surface area contributed by atoms with Crippen LogP contribution in [0.4, 0.5) is 11.6 Å². The lowest BCUT2D eigenvalue weighted by atomic mass is 9.96. The number of rotatable bonds is 8. The van der Waals surface area contributed by atoms with Crippen molar-refractivity contribution in [2.45, 2.75) is 6.04 Å². The van der Waals surface area contributed by atoms with Crippen LogP contribution < -0.4 is 20.5 Å². The third-order valence-electron chi connectivity index (χ3n) is 6.10. The Bertz CT molecular complexity index is 1550. The molecule has 11 nitrogen and oxygen atoms in total. The van der Waals surface area contributed by atoms with Gasteiger partial charge in [-0.2, -0.15) is 0 Å². The highest BCUT2D eigenvalue weighted by Gasteiger charge is 2.29. The largest absolute Gasteiger partial charge is 0.489 e. The first kappa shape index (κ1) is 27.4. The highest BCUT2D eigenvalue weighted by Crippen LogP contribution is 2.35.